The van der Waals surface area contributed by atoms with Crippen molar-refractivity contribution in [1.82, 2.24) is 15.3 Å². The van der Waals surface area contributed by atoms with Gasteiger partial charge < -0.3 is 24.5 Å². The fourth-order valence-electron chi connectivity index (χ4n) is 3.23. The van der Waals surface area contributed by atoms with Crippen LogP contribution >= 0.6 is 0 Å². The van der Waals surface area contributed by atoms with Gasteiger partial charge in [-0.1, -0.05) is 25.5 Å². The molecule has 0 unspecified atom stereocenters. The zero-order valence-corrected chi connectivity index (χ0v) is 17.9. The van der Waals surface area contributed by atoms with Crippen LogP contribution in [-0.4, -0.2) is 49.2 Å². The second kappa shape index (κ2) is 9.84. The summed E-state index contributed by atoms with van der Waals surface area (Å²) < 4.78 is 15.9. The van der Waals surface area contributed by atoms with Crippen LogP contribution < -0.4 is 24.8 Å². The van der Waals surface area contributed by atoms with Crippen molar-refractivity contribution in [3.05, 3.63) is 42.0 Å². The van der Waals surface area contributed by atoms with Gasteiger partial charge in [-0.3, -0.25) is 14.9 Å². The van der Waals surface area contributed by atoms with Crippen molar-refractivity contribution in [2.45, 2.75) is 25.8 Å². The number of aromatic nitrogens is 2. The minimum Gasteiger partial charge on any atom is -0.493 e. The molecule has 0 bridgehead atoms. The molecular formula is C22H26N4O5. The average Bonchev–Trinajstić information content (AvgIpc) is 3.19. The normalized spacial score (nSPS) is 11.6. The van der Waals surface area contributed by atoms with Crippen molar-refractivity contribution in [2.75, 3.05) is 26.6 Å². The van der Waals surface area contributed by atoms with Crippen molar-refractivity contribution in [2.24, 2.45) is 0 Å². The lowest BCUT2D eigenvalue weighted by atomic mass is 10.1. The molecule has 0 aliphatic heterocycles. The second-order valence-electron chi connectivity index (χ2n) is 6.82. The number of rotatable bonds is 9. The number of methoxy groups -OCH3 is 3. The molecule has 2 aromatic carbocycles. The molecule has 1 atom stereocenters. The molecule has 0 aliphatic rings. The van der Waals surface area contributed by atoms with Crippen LogP contribution in [0.25, 0.3) is 11.0 Å². The van der Waals surface area contributed by atoms with E-state index < -0.39 is 11.9 Å². The molecule has 0 saturated heterocycles. The first-order chi connectivity index (χ1) is 15.0. The summed E-state index contributed by atoms with van der Waals surface area (Å²) in [6.45, 7) is 1.94. The zero-order chi connectivity index (χ0) is 22.4. The molecule has 3 rings (SSSR count). The Bertz CT molecular complexity index is 1020. The Labute approximate surface area is 180 Å². The fourth-order valence-corrected chi connectivity index (χ4v) is 3.23. The summed E-state index contributed by atoms with van der Waals surface area (Å²) in [5.41, 5.74) is 1.84. The standard InChI is InChI=1S/C22H26N4O5/c1-5-8-16(21(28)26-22-24-14-9-6-7-10-15(14)25-22)23-20(27)13-11-17(29-2)19(31-4)18(12-13)30-3/h6-7,9-12,16H,5,8H2,1-4H3,(H,23,27)(H2,24,25,26,28)/t16-/m1/s1. The Balaban J connectivity index is 1.78. The van der Waals surface area contributed by atoms with E-state index in [9.17, 15) is 9.59 Å². The highest BCUT2D eigenvalue weighted by Gasteiger charge is 2.24. The number of H-pyrrole nitrogens is 1. The van der Waals surface area contributed by atoms with E-state index >= 15 is 0 Å². The number of carbonyl (C=O) groups excluding carboxylic acids is 2. The number of nitrogens with one attached hydrogen (secondary N) is 3. The van der Waals surface area contributed by atoms with Crippen LogP contribution in [0.3, 0.4) is 0 Å². The molecular weight excluding hydrogens is 400 g/mol. The van der Waals surface area contributed by atoms with Gasteiger partial charge in [0.25, 0.3) is 5.91 Å². The Morgan fingerprint density at radius 2 is 1.74 bits per heavy atom. The number of para-hydroxylation sites is 2. The highest BCUT2D eigenvalue weighted by atomic mass is 16.5. The molecule has 31 heavy (non-hydrogen) atoms. The van der Waals surface area contributed by atoms with Crippen molar-refractivity contribution in [3.63, 3.8) is 0 Å². The molecule has 1 heterocycles. The van der Waals surface area contributed by atoms with E-state index in [1.54, 1.807) is 0 Å². The van der Waals surface area contributed by atoms with Crippen LogP contribution in [0.15, 0.2) is 36.4 Å². The van der Waals surface area contributed by atoms with Crippen LogP contribution in [0, 0.1) is 0 Å². The van der Waals surface area contributed by atoms with Crippen LogP contribution in [0.4, 0.5) is 5.95 Å². The fraction of sp³-hybridized carbons (Fsp3) is 0.318. The van der Waals surface area contributed by atoms with Gasteiger partial charge >= 0.3 is 0 Å². The summed E-state index contributed by atoms with van der Waals surface area (Å²) in [7, 11) is 4.43. The minimum atomic E-state index is -0.746. The van der Waals surface area contributed by atoms with Gasteiger partial charge in [0, 0.05) is 5.56 Å². The number of anilines is 1. The van der Waals surface area contributed by atoms with E-state index in [-0.39, 0.29) is 11.5 Å². The number of benzene rings is 2. The number of ether oxygens (including phenoxy) is 3. The SMILES string of the molecule is CCC[C@@H](NC(=O)c1cc(OC)c(OC)c(OC)c1)C(=O)Nc1nc2ccccc2[nH]1. The molecule has 0 fully saturated rings. The number of imidazole rings is 1. The zero-order valence-electron chi connectivity index (χ0n) is 17.9. The molecule has 0 radical (unpaired) electrons. The molecule has 3 N–H and O–H groups in total. The largest absolute Gasteiger partial charge is 0.493 e. The van der Waals surface area contributed by atoms with Crippen LogP contribution in [0.5, 0.6) is 17.2 Å². The molecule has 164 valence electrons. The van der Waals surface area contributed by atoms with E-state index in [1.807, 2.05) is 31.2 Å². The maximum absolute atomic E-state index is 12.9. The van der Waals surface area contributed by atoms with Gasteiger partial charge in [-0.2, -0.15) is 0 Å². The quantitative estimate of drug-likeness (QED) is 0.484. The van der Waals surface area contributed by atoms with E-state index in [1.165, 1.54) is 33.5 Å². The molecule has 9 heteroatoms. The number of nitrogens with zero attached hydrogens (tertiary/aromatic N) is 1. The first-order valence-corrected chi connectivity index (χ1v) is 9.87. The predicted octanol–water partition coefficient (Wildman–Crippen LogP) is 3.13. The summed E-state index contributed by atoms with van der Waals surface area (Å²) in [6, 6.07) is 9.79. The van der Waals surface area contributed by atoms with E-state index in [0.29, 0.717) is 36.0 Å². The number of amides is 2. The Morgan fingerprint density at radius 3 is 2.32 bits per heavy atom. The van der Waals surface area contributed by atoms with Gasteiger partial charge in [0.1, 0.15) is 6.04 Å². The highest BCUT2D eigenvalue weighted by molar-refractivity contribution is 6.01. The lowest BCUT2D eigenvalue weighted by molar-refractivity contribution is -0.118. The van der Waals surface area contributed by atoms with Crippen LogP contribution in [-0.2, 0) is 4.79 Å². The average molecular weight is 426 g/mol. The lowest BCUT2D eigenvalue weighted by Gasteiger charge is -2.18. The van der Waals surface area contributed by atoms with Crippen molar-refractivity contribution in [3.8, 4) is 17.2 Å². The number of hydrogen-bond donors (Lipinski definition) is 3. The molecule has 0 aliphatic carbocycles. The monoisotopic (exact) mass is 426 g/mol. The summed E-state index contributed by atoms with van der Waals surface area (Å²) in [5, 5.41) is 5.53. The van der Waals surface area contributed by atoms with Crippen molar-refractivity contribution in [1.29, 1.82) is 0 Å². The van der Waals surface area contributed by atoms with Gasteiger partial charge in [-0.25, -0.2) is 4.98 Å². The van der Waals surface area contributed by atoms with Gasteiger partial charge in [-0.05, 0) is 30.7 Å². The Morgan fingerprint density at radius 1 is 1.06 bits per heavy atom. The van der Waals surface area contributed by atoms with E-state index in [2.05, 4.69) is 20.6 Å². The molecule has 3 aromatic rings. The minimum absolute atomic E-state index is 0.284. The summed E-state index contributed by atoms with van der Waals surface area (Å²) in [6.07, 6.45) is 1.16. The first-order valence-electron chi connectivity index (χ1n) is 9.87. The van der Waals surface area contributed by atoms with Gasteiger partial charge in [0.2, 0.25) is 17.6 Å². The maximum Gasteiger partial charge on any atom is 0.252 e. The molecule has 0 saturated carbocycles. The Kier molecular flexibility index (Phi) is 6.96. The molecule has 2 amide bonds. The topological polar surface area (TPSA) is 115 Å². The lowest BCUT2D eigenvalue weighted by Crippen LogP contribution is -2.43. The summed E-state index contributed by atoms with van der Waals surface area (Å²) in [5.74, 6) is 0.624. The van der Waals surface area contributed by atoms with Crippen molar-refractivity contribution < 1.29 is 23.8 Å². The molecule has 9 nitrogen and oxygen atoms in total. The molecule has 1 aromatic heterocycles. The van der Waals surface area contributed by atoms with E-state index in [4.69, 9.17) is 14.2 Å². The summed E-state index contributed by atoms with van der Waals surface area (Å²) >= 11 is 0. The number of aromatic amines is 1. The van der Waals surface area contributed by atoms with Gasteiger partial charge in [0.15, 0.2) is 11.5 Å². The number of fused-ring (bicyclic) bond motifs is 1. The number of carbonyl (C=O) groups is 2. The third-order valence-corrected chi connectivity index (χ3v) is 4.76. The third kappa shape index (κ3) is 4.88. The molecule has 0 spiro atoms. The summed E-state index contributed by atoms with van der Waals surface area (Å²) in [4.78, 5) is 33.1. The third-order valence-electron chi connectivity index (χ3n) is 4.76. The smallest absolute Gasteiger partial charge is 0.252 e. The van der Waals surface area contributed by atoms with Crippen LogP contribution in [0.1, 0.15) is 30.1 Å². The highest BCUT2D eigenvalue weighted by Crippen LogP contribution is 2.38. The van der Waals surface area contributed by atoms with Crippen LogP contribution in [0.2, 0.25) is 0 Å². The predicted molar refractivity (Wildman–Crippen MR) is 117 cm³/mol. The van der Waals surface area contributed by atoms with E-state index in [0.717, 1.165) is 11.0 Å². The first kappa shape index (κ1) is 21.9. The second-order valence-corrected chi connectivity index (χ2v) is 6.82. The Hall–Kier alpha value is -3.75. The van der Waals surface area contributed by atoms with Gasteiger partial charge in [-0.15, -0.1) is 0 Å². The van der Waals surface area contributed by atoms with Gasteiger partial charge in [0.05, 0.1) is 32.4 Å². The van der Waals surface area contributed by atoms with Crippen molar-refractivity contribution >= 4 is 28.8 Å². The maximum atomic E-state index is 12.9. The number of hydrogen-bond acceptors (Lipinski definition) is 6.